The van der Waals surface area contributed by atoms with Gasteiger partial charge in [-0.05, 0) is 67.0 Å². The number of anilines is 1. The van der Waals surface area contributed by atoms with Gasteiger partial charge in [-0.1, -0.05) is 18.7 Å². The Hall–Kier alpha value is -2.17. The number of nitrogens with zero attached hydrogens (tertiary/aromatic N) is 3. The predicted octanol–water partition coefficient (Wildman–Crippen LogP) is 4.22. The Morgan fingerprint density at radius 1 is 1.25 bits per heavy atom. The number of Topliss-reactive ketones (excluding diaryl/α,β-unsaturated/α-hetero) is 1. The van der Waals surface area contributed by atoms with Crippen molar-refractivity contribution in [2.75, 3.05) is 22.9 Å². The third-order valence-electron chi connectivity index (χ3n) is 5.93. The molecule has 3 heterocycles. The van der Waals surface area contributed by atoms with Crippen LogP contribution in [0.3, 0.4) is 0 Å². The monoisotopic (exact) mass is 489 g/mol. The summed E-state index contributed by atoms with van der Waals surface area (Å²) in [5, 5.41) is 8.65. The lowest BCUT2D eigenvalue weighted by Crippen LogP contribution is -2.27. The molecular weight excluding hydrogens is 466 g/mol. The molecule has 32 heavy (non-hydrogen) atoms. The molecular formula is C22H23N3O4S3. The summed E-state index contributed by atoms with van der Waals surface area (Å²) in [5.41, 5.74) is 3.48. The SMILES string of the molecule is C[C@@H]1CCc2sc(-c3nnc(SCC(=O)c4ccc5c(c4)CCN5S(C)(=O)=O)o3)cc2C1. The maximum absolute atomic E-state index is 12.7. The number of carbonyl (C=O) groups is 1. The van der Waals surface area contributed by atoms with Crippen LogP contribution in [0.25, 0.3) is 10.8 Å². The van der Waals surface area contributed by atoms with Gasteiger partial charge in [0.25, 0.3) is 11.1 Å². The van der Waals surface area contributed by atoms with Gasteiger partial charge in [0.05, 0.1) is 22.6 Å². The molecule has 7 nitrogen and oxygen atoms in total. The van der Waals surface area contributed by atoms with Gasteiger partial charge in [-0.15, -0.1) is 21.5 Å². The van der Waals surface area contributed by atoms with Crippen molar-refractivity contribution < 1.29 is 17.6 Å². The van der Waals surface area contributed by atoms with Crippen molar-refractivity contribution in [2.45, 2.75) is 37.8 Å². The lowest BCUT2D eigenvalue weighted by molar-refractivity contribution is 0.102. The first kappa shape index (κ1) is 21.7. The molecule has 0 saturated heterocycles. The number of fused-ring (bicyclic) bond motifs is 2. The zero-order chi connectivity index (χ0) is 22.5. The van der Waals surface area contributed by atoms with Crippen LogP contribution in [-0.4, -0.2) is 43.0 Å². The summed E-state index contributed by atoms with van der Waals surface area (Å²) in [5.74, 6) is 1.33. The summed E-state index contributed by atoms with van der Waals surface area (Å²) in [4.78, 5) is 15.1. The number of aryl methyl sites for hydroxylation is 1. The Labute approximate surface area is 195 Å². The maximum Gasteiger partial charge on any atom is 0.277 e. The molecule has 2 aliphatic rings. The van der Waals surface area contributed by atoms with Gasteiger partial charge in [0, 0.05) is 17.0 Å². The van der Waals surface area contributed by atoms with Crippen molar-refractivity contribution in [3.8, 4) is 10.8 Å². The first-order valence-corrected chi connectivity index (χ1v) is 14.1. The summed E-state index contributed by atoms with van der Waals surface area (Å²) >= 11 is 2.94. The molecule has 0 fully saturated rings. The Morgan fingerprint density at radius 2 is 2.09 bits per heavy atom. The number of benzene rings is 1. The van der Waals surface area contributed by atoms with Gasteiger partial charge in [-0.2, -0.15) is 0 Å². The number of thioether (sulfide) groups is 1. The average Bonchev–Trinajstić information content (AvgIpc) is 3.47. The molecule has 1 aromatic carbocycles. The molecule has 0 amide bonds. The minimum atomic E-state index is -3.30. The minimum Gasteiger partial charge on any atom is -0.410 e. The molecule has 3 aromatic rings. The van der Waals surface area contributed by atoms with E-state index in [0.717, 1.165) is 23.3 Å². The molecule has 0 unspecified atom stereocenters. The van der Waals surface area contributed by atoms with Crippen molar-refractivity contribution >= 4 is 44.6 Å². The lowest BCUT2D eigenvalue weighted by Gasteiger charge is -2.16. The van der Waals surface area contributed by atoms with Crippen molar-refractivity contribution in [3.63, 3.8) is 0 Å². The predicted molar refractivity (Wildman–Crippen MR) is 126 cm³/mol. The average molecular weight is 490 g/mol. The maximum atomic E-state index is 12.7. The number of hydrogen-bond donors (Lipinski definition) is 0. The van der Waals surface area contributed by atoms with Crippen LogP contribution in [0.15, 0.2) is 33.9 Å². The van der Waals surface area contributed by atoms with Crippen molar-refractivity contribution in [1.82, 2.24) is 10.2 Å². The zero-order valence-electron chi connectivity index (χ0n) is 17.8. The lowest BCUT2D eigenvalue weighted by atomic mass is 9.90. The van der Waals surface area contributed by atoms with Crippen molar-refractivity contribution in [1.29, 1.82) is 0 Å². The second-order valence-electron chi connectivity index (χ2n) is 8.42. The number of hydrogen-bond acceptors (Lipinski definition) is 8. The molecule has 0 radical (unpaired) electrons. The van der Waals surface area contributed by atoms with Crippen LogP contribution >= 0.6 is 23.1 Å². The molecule has 1 atom stereocenters. The van der Waals surface area contributed by atoms with Gasteiger partial charge in [0.15, 0.2) is 5.78 Å². The van der Waals surface area contributed by atoms with Crippen LogP contribution in [0.4, 0.5) is 5.69 Å². The van der Waals surface area contributed by atoms with Gasteiger partial charge in [0.1, 0.15) is 0 Å². The highest BCUT2D eigenvalue weighted by atomic mass is 32.2. The molecule has 1 aliphatic carbocycles. The Balaban J connectivity index is 1.25. The fourth-order valence-electron chi connectivity index (χ4n) is 4.28. The van der Waals surface area contributed by atoms with Crippen LogP contribution in [0, 0.1) is 5.92 Å². The van der Waals surface area contributed by atoms with Crippen molar-refractivity contribution in [3.05, 3.63) is 45.8 Å². The largest absolute Gasteiger partial charge is 0.410 e. The molecule has 0 saturated carbocycles. The van der Waals surface area contributed by atoms with Gasteiger partial charge in [-0.3, -0.25) is 9.10 Å². The van der Waals surface area contributed by atoms with E-state index in [1.807, 2.05) is 0 Å². The van der Waals surface area contributed by atoms with E-state index in [9.17, 15) is 13.2 Å². The van der Waals surface area contributed by atoms with E-state index in [2.05, 4.69) is 23.2 Å². The third-order valence-corrected chi connectivity index (χ3v) is 9.15. The number of rotatable bonds is 6. The summed E-state index contributed by atoms with van der Waals surface area (Å²) in [6.07, 6.45) is 5.22. The highest BCUT2D eigenvalue weighted by Gasteiger charge is 2.27. The molecule has 0 spiro atoms. The second kappa shape index (κ2) is 8.31. The standard InChI is InChI=1S/C22H23N3O4S3/c1-13-3-6-19-16(9-13)11-20(31-19)21-23-24-22(29-21)30-12-18(26)15-4-5-17-14(10-15)7-8-25(17)32(2,27)28/h4-5,10-11,13H,3,6-9,12H2,1-2H3/t13-/m1/s1. The highest BCUT2D eigenvalue weighted by Crippen LogP contribution is 2.37. The molecule has 10 heteroatoms. The van der Waals surface area contributed by atoms with E-state index in [1.54, 1.807) is 29.5 Å². The number of carbonyl (C=O) groups excluding carboxylic acids is 1. The van der Waals surface area contributed by atoms with E-state index in [0.29, 0.717) is 41.2 Å². The summed E-state index contributed by atoms with van der Waals surface area (Å²) < 4.78 is 31.0. The van der Waals surface area contributed by atoms with E-state index in [1.165, 1.54) is 39.2 Å². The number of aromatic nitrogens is 2. The minimum absolute atomic E-state index is 0.0593. The van der Waals surface area contributed by atoms with E-state index < -0.39 is 10.0 Å². The van der Waals surface area contributed by atoms with E-state index >= 15 is 0 Å². The highest BCUT2D eigenvalue weighted by molar-refractivity contribution is 7.99. The molecule has 168 valence electrons. The van der Waals surface area contributed by atoms with E-state index in [-0.39, 0.29) is 11.5 Å². The summed E-state index contributed by atoms with van der Waals surface area (Å²) in [7, 11) is -3.30. The number of thiophene rings is 1. The number of sulfonamides is 1. The van der Waals surface area contributed by atoms with Crippen LogP contribution in [-0.2, 0) is 29.3 Å². The van der Waals surface area contributed by atoms with Crippen molar-refractivity contribution in [2.24, 2.45) is 5.92 Å². The van der Waals surface area contributed by atoms with Crippen LogP contribution in [0.5, 0.6) is 0 Å². The first-order chi connectivity index (χ1) is 15.3. The second-order valence-corrected chi connectivity index (χ2v) is 12.4. The first-order valence-electron chi connectivity index (χ1n) is 10.5. The molecule has 2 aromatic heterocycles. The summed E-state index contributed by atoms with van der Waals surface area (Å²) in [6, 6.07) is 7.35. The van der Waals surface area contributed by atoms with Gasteiger partial charge < -0.3 is 4.42 Å². The van der Waals surface area contributed by atoms with Gasteiger partial charge in [-0.25, -0.2) is 8.42 Å². The van der Waals surface area contributed by atoms with Crippen LogP contribution in [0.2, 0.25) is 0 Å². The third kappa shape index (κ3) is 4.23. The van der Waals surface area contributed by atoms with Gasteiger partial charge >= 0.3 is 0 Å². The smallest absolute Gasteiger partial charge is 0.277 e. The van der Waals surface area contributed by atoms with Crippen LogP contribution < -0.4 is 4.31 Å². The van der Waals surface area contributed by atoms with E-state index in [4.69, 9.17) is 4.42 Å². The molecule has 1 aliphatic heterocycles. The Bertz CT molecular complexity index is 1300. The fraction of sp³-hybridized carbons (Fsp3) is 0.409. The normalized spacial score (nSPS) is 17.9. The number of ketones is 1. The quantitative estimate of drug-likeness (QED) is 0.378. The summed E-state index contributed by atoms with van der Waals surface area (Å²) in [6.45, 7) is 2.69. The fourth-order valence-corrected chi connectivity index (χ4v) is 7.02. The zero-order valence-corrected chi connectivity index (χ0v) is 20.3. The topological polar surface area (TPSA) is 93.4 Å². The Morgan fingerprint density at radius 3 is 2.91 bits per heavy atom. The Kier molecular flexibility index (Phi) is 5.63. The molecule has 0 bridgehead atoms. The molecule has 0 N–H and O–H groups in total. The molecule has 5 rings (SSSR count). The van der Waals surface area contributed by atoms with Crippen LogP contribution in [0.1, 0.15) is 39.7 Å². The van der Waals surface area contributed by atoms with Gasteiger partial charge in [0.2, 0.25) is 10.0 Å².